The van der Waals surface area contributed by atoms with Gasteiger partial charge < -0.3 is 9.84 Å². The summed E-state index contributed by atoms with van der Waals surface area (Å²) in [6.07, 6.45) is 1.51. The lowest BCUT2D eigenvalue weighted by atomic mass is 10.1. The Kier molecular flexibility index (Phi) is 5.59. The Morgan fingerprint density at radius 2 is 2.22 bits per heavy atom. The number of aromatic nitrogens is 2. The van der Waals surface area contributed by atoms with Crippen molar-refractivity contribution in [2.75, 3.05) is 5.32 Å². The van der Waals surface area contributed by atoms with E-state index in [0.29, 0.717) is 17.1 Å². The molecule has 2 aromatic rings. The minimum Gasteiger partial charge on any atom is -0.478 e. The van der Waals surface area contributed by atoms with E-state index in [4.69, 9.17) is 16.3 Å². The van der Waals surface area contributed by atoms with Gasteiger partial charge in [0.25, 0.3) is 0 Å². The average molecular weight is 338 g/mol. The fourth-order valence-corrected chi connectivity index (χ4v) is 2.25. The molecule has 0 saturated carbocycles. The number of amides is 1. The fraction of sp³-hybridized carbons (Fsp3) is 0.267. The van der Waals surface area contributed by atoms with Gasteiger partial charge in [-0.1, -0.05) is 30.7 Å². The van der Waals surface area contributed by atoms with Crippen LogP contribution in [-0.4, -0.2) is 33.1 Å². The molecule has 8 heteroatoms. The number of hydrogen-bond donors (Lipinski definition) is 2. The molecule has 1 heterocycles. The van der Waals surface area contributed by atoms with Gasteiger partial charge in [0.2, 0.25) is 6.10 Å². The van der Waals surface area contributed by atoms with Crippen LogP contribution in [0.15, 0.2) is 36.7 Å². The lowest BCUT2D eigenvalue weighted by Crippen LogP contribution is -2.33. The second-order valence-corrected chi connectivity index (χ2v) is 5.12. The maximum Gasteiger partial charge on any atom is 0.412 e. The van der Waals surface area contributed by atoms with Crippen molar-refractivity contribution < 1.29 is 19.4 Å². The molecule has 2 N–H and O–H groups in total. The predicted octanol–water partition coefficient (Wildman–Crippen LogP) is 2.80. The highest BCUT2D eigenvalue weighted by molar-refractivity contribution is 6.33. The number of aliphatic carboxylic acids is 1. The van der Waals surface area contributed by atoms with Gasteiger partial charge in [0.1, 0.15) is 0 Å². The Hall–Kier alpha value is -2.54. The van der Waals surface area contributed by atoms with E-state index in [1.165, 1.54) is 10.9 Å². The van der Waals surface area contributed by atoms with Crippen molar-refractivity contribution in [2.45, 2.75) is 26.0 Å². The quantitative estimate of drug-likeness (QED) is 0.845. The SMILES string of the molecule is CCc1cccc(Cl)c1NC(=O)OC(Cn1cccn1)C(=O)O. The third-order valence-corrected chi connectivity index (χ3v) is 3.46. The van der Waals surface area contributed by atoms with Gasteiger partial charge in [-0.05, 0) is 24.1 Å². The Morgan fingerprint density at radius 3 is 2.83 bits per heavy atom. The first-order valence-corrected chi connectivity index (χ1v) is 7.34. The molecule has 0 aliphatic heterocycles. The molecule has 23 heavy (non-hydrogen) atoms. The van der Waals surface area contributed by atoms with Gasteiger partial charge in [0, 0.05) is 12.4 Å². The van der Waals surface area contributed by atoms with Crippen LogP contribution in [0.3, 0.4) is 0 Å². The van der Waals surface area contributed by atoms with E-state index < -0.39 is 18.2 Å². The molecule has 1 amide bonds. The van der Waals surface area contributed by atoms with Gasteiger partial charge in [-0.2, -0.15) is 5.10 Å². The fourth-order valence-electron chi connectivity index (χ4n) is 2.01. The molecule has 0 aliphatic carbocycles. The molecule has 2 rings (SSSR count). The van der Waals surface area contributed by atoms with Crippen molar-refractivity contribution in [2.24, 2.45) is 0 Å². The number of nitrogens with one attached hydrogen (secondary N) is 1. The van der Waals surface area contributed by atoms with Crippen molar-refractivity contribution in [1.29, 1.82) is 0 Å². The number of ether oxygens (including phenoxy) is 1. The largest absolute Gasteiger partial charge is 0.478 e. The highest BCUT2D eigenvalue weighted by Crippen LogP contribution is 2.26. The molecule has 7 nitrogen and oxygen atoms in total. The predicted molar refractivity (Wildman–Crippen MR) is 84.6 cm³/mol. The molecular weight excluding hydrogens is 322 g/mol. The molecular formula is C15H16ClN3O4. The number of nitrogens with zero attached hydrogens (tertiary/aromatic N) is 2. The first kappa shape index (κ1) is 16.8. The van der Waals surface area contributed by atoms with E-state index >= 15 is 0 Å². The number of carbonyl (C=O) groups excluding carboxylic acids is 1. The van der Waals surface area contributed by atoms with Crippen molar-refractivity contribution in [3.63, 3.8) is 0 Å². The number of carboxylic acids is 1. The van der Waals surface area contributed by atoms with E-state index in [0.717, 1.165) is 5.56 Å². The Bertz CT molecular complexity index is 688. The van der Waals surface area contributed by atoms with Crippen LogP contribution in [0.25, 0.3) is 0 Å². The molecule has 0 radical (unpaired) electrons. The van der Waals surface area contributed by atoms with Crippen LogP contribution in [0.4, 0.5) is 10.5 Å². The normalized spacial score (nSPS) is 11.7. The molecule has 0 spiro atoms. The smallest absolute Gasteiger partial charge is 0.412 e. The number of benzene rings is 1. The van der Waals surface area contributed by atoms with E-state index in [2.05, 4.69) is 10.4 Å². The number of anilines is 1. The zero-order chi connectivity index (χ0) is 16.8. The lowest BCUT2D eigenvalue weighted by Gasteiger charge is -2.16. The second kappa shape index (κ2) is 7.64. The third-order valence-electron chi connectivity index (χ3n) is 3.14. The first-order chi connectivity index (χ1) is 11.0. The summed E-state index contributed by atoms with van der Waals surface area (Å²) in [7, 11) is 0. The highest BCUT2D eigenvalue weighted by Gasteiger charge is 2.24. The van der Waals surface area contributed by atoms with E-state index in [1.807, 2.05) is 13.0 Å². The summed E-state index contributed by atoms with van der Waals surface area (Å²) in [5.74, 6) is -1.26. The summed E-state index contributed by atoms with van der Waals surface area (Å²) in [5.41, 5.74) is 1.25. The Morgan fingerprint density at radius 1 is 1.43 bits per heavy atom. The average Bonchev–Trinajstić information content (AvgIpc) is 3.01. The number of hydrogen-bond acceptors (Lipinski definition) is 4. The summed E-state index contributed by atoms with van der Waals surface area (Å²) in [6, 6.07) is 6.88. The van der Waals surface area contributed by atoms with Gasteiger partial charge in [0.15, 0.2) is 0 Å². The van der Waals surface area contributed by atoms with Crippen LogP contribution < -0.4 is 5.32 Å². The topological polar surface area (TPSA) is 93.5 Å². The number of halogens is 1. The molecule has 0 fully saturated rings. The molecule has 1 atom stereocenters. The Labute approximate surface area is 137 Å². The van der Waals surface area contributed by atoms with Gasteiger partial charge in [-0.3, -0.25) is 10.00 Å². The molecule has 122 valence electrons. The van der Waals surface area contributed by atoms with Crippen LogP contribution in [-0.2, 0) is 22.5 Å². The number of carbonyl (C=O) groups is 2. The van der Waals surface area contributed by atoms with Crippen molar-refractivity contribution >= 4 is 29.4 Å². The zero-order valence-corrected chi connectivity index (χ0v) is 13.2. The maximum atomic E-state index is 12.0. The van der Waals surface area contributed by atoms with Crippen molar-refractivity contribution in [3.8, 4) is 0 Å². The van der Waals surface area contributed by atoms with Gasteiger partial charge in [-0.25, -0.2) is 9.59 Å². The van der Waals surface area contributed by atoms with Crippen molar-refractivity contribution in [1.82, 2.24) is 9.78 Å². The number of aryl methyl sites for hydroxylation is 1. The third kappa shape index (κ3) is 4.46. The van der Waals surface area contributed by atoms with E-state index in [1.54, 1.807) is 24.4 Å². The van der Waals surface area contributed by atoms with Crippen molar-refractivity contribution in [3.05, 3.63) is 47.2 Å². The molecule has 1 aromatic heterocycles. The summed E-state index contributed by atoms with van der Waals surface area (Å²) in [5, 5.41) is 15.9. The van der Waals surface area contributed by atoms with Crippen LogP contribution in [0, 0.1) is 0 Å². The Balaban J connectivity index is 2.06. The van der Waals surface area contributed by atoms with Gasteiger partial charge in [0.05, 0.1) is 17.3 Å². The molecule has 1 unspecified atom stereocenters. The monoisotopic (exact) mass is 337 g/mol. The number of carboxylic acid groups (broad SMARTS) is 1. The van der Waals surface area contributed by atoms with Gasteiger partial charge >= 0.3 is 12.1 Å². The van der Waals surface area contributed by atoms with Crippen LogP contribution in [0.5, 0.6) is 0 Å². The second-order valence-electron chi connectivity index (χ2n) is 4.71. The van der Waals surface area contributed by atoms with E-state index in [-0.39, 0.29) is 6.54 Å². The standard InChI is InChI=1S/C15H16ClN3O4/c1-2-10-5-3-6-11(16)13(10)18-15(22)23-12(14(20)21)9-19-8-4-7-17-19/h3-8,12H,2,9H2,1H3,(H,18,22)(H,20,21). The molecule has 0 bridgehead atoms. The van der Waals surface area contributed by atoms with Crippen LogP contribution >= 0.6 is 11.6 Å². The minimum absolute atomic E-state index is 0.0844. The maximum absolute atomic E-state index is 12.0. The zero-order valence-electron chi connectivity index (χ0n) is 12.4. The highest BCUT2D eigenvalue weighted by atomic mass is 35.5. The van der Waals surface area contributed by atoms with E-state index in [9.17, 15) is 14.7 Å². The summed E-state index contributed by atoms with van der Waals surface area (Å²) in [6.45, 7) is 1.83. The summed E-state index contributed by atoms with van der Waals surface area (Å²) in [4.78, 5) is 23.2. The van der Waals surface area contributed by atoms with Crippen LogP contribution in [0.2, 0.25) is 5.02 Å². The molecule has 0 saturated heterocycles. The van der Waals surface area contributed by atoms with Gasteiger partial charge in [-0.15, -0.1) is 0 Å². The first-order valence-electron chi connectivity index (χ1n) is 6.96. The summed E-state index contributed by atoms with van der Waals surface area (Å²) < 4.78 is 6.35. The molecule has 0 aliphatic rings. The number of rotatable bonds is 6. The summed E-state index contributed by atoms with van der Waals surface area (Å²) >= 11 is 6.07. The minimum atomic E-state index is -1.36. The van der Waals surface area contributed by atoms with Crippen LogP contribution in [0.1, 0.15) is 12.5 Å². The lowest BCUT2D eigenvalue weighted by molar-refractivity contribution is -0.147. The molecule has 1 aromatic carbocycles. The number of para-hydroxylation sites is 1.